The molecule has 2 aromatic rings. The second-order valence-electron chi connectivity index (χ2n) is 4.31. The van der Waals surface area contributed by atoms with Crippen LogP contribution in [0.3, 0.4) is 0 Å². The number of hydrogen-bond donors (Lipinski definition) is 1. The van der Waals surface area contributed by atoms with Gasteiger partial charge in [-0.1, -0.05) is 34.1 Å². The van der Waals surface area contributed by atoms with E-state index in [0.717, 1.165) is 4.47 Å². The van der Waals surface area contributed by atoms with E-state index in [1.54, 1.807) is 36.5 Å². The lowest BCUT2D eigenvalue weighted by molar-refractivity contribution is -0.137. The Morgan fingerprint density at radius 2 is 2.05 bits per heavy atom. The molecule has 1 unspecified atom stereocenters. The number of rotatable bonds is 5. The molecule has 0 aliphatic carbocycles. The van der Waals surface area contributed by atoms with Crippen molar-refractivity contribution in [2.75, 3.05) is 0 Å². The molecule has 1 atom stereocenters. The molecule has 1 N–H and O–H groups in total. The van der Waals surface area contributed by atoms with Gasteiger partial charge in [-0.15, -0.1) is 0 Å². The molecule has 4 nitrogen and oxygen atoms in total. The zero-order valence-electron chi connectivity index (χ0n) is 10.5. The van der Waals surface area contributed by atoms with Crippen molar-refractivity contribution in [3.63, 3.8) is 0 Å². The molecule has 1 heterocycles. The highest BCUT2D eigenvalue weighted by atomic mass is 79.9. The van der Waals surface area contributed by atoms with Crippen molar-refractivity contribution in [1.82, 2.24) is 4.98 Å². The zero-order valence-corrected chi connectivity index (χ0v) is 12.1. The maximum absolute atomic E-state index is 12.5. The van der Waals surface area contributed by atoms with Gasteiger partial charge >= 0.3 is 5.97 Å². The van der Waals surface area contributed by atoms with E-state index >= 15 is 0 Å². The predicted octanol–water partition coefficient (Wildman–Crippen LogP) is 3.29. The Balaban J connectivity index is 2.36. The number of nitrogens with zero attached hydrogens (tertiary/aromatic N) is 1. The van der Waals surface area contributed by atoms with Crippen LogP contribution < -0.4 is 0 Å². The van der Waals surface area contributed by atoms with E-state index in [2.05, 4.69) is 20.9 Å². The third kappa shape index (κ3) is 3.51. The molecule has 1 aromatic heterocycles. The van der Waals surface area contributed by atoms with Crippen LogP contribution in [0.15, 0.2) is 53.3 Å². The first kappa shape index (κ1) is 14.4. The van der Waals surface area contributed by atoms with Gasteiger partial charge in [0.1, 0.15) is 0 Å². The Morgan fingerprint density at radius 3 is 2.65 bits per heavy atom. The summed E-state index contributed by atoms with van der Waals surface area (Å²) in [6.07, 6.45) is 2.87. The summed E-state index contributed by atoms with van der Waals surface area (Å²) in [6.45, 7) is 0. The highest BCUT2D eigenvalue weighted by Crippen LogP contribution is 2.25. The summed E-state index contributed by atoms with van der Waals surface area (Å²) in [7, 11) is 0. The largest absolute Gasteiger partial charge is 0.481 e. The molecular formula is C15H12BrNO3. The summed E-state index contributed by atoms with van der Waals surface area (Å²) in [5.74, 6) is -1.96. The number of aromatic nitrogens is 1. The first-order chi connectivity index (χ1) is 9.58. The Bertz CT molecular complexity index is 628. The van der Waals surface area contributed by atoms with Gasteiger partial charge in [0.25, 0.3) is 0 Å². The number of hydrogen-bond acceptors (Lipinski definition) is 3. The molecule has 1 aromatic carbocycles. The number of carboxylic acids is 1. The van der Waals surface area contributed by atoms with Gasteiger partial charge < -0.3 is 5.11 Å². The maximum atomic E-state index is 12.5. The number of pyridine rings is 1. The zero-order chi connectivity index (χ0) is 14.5. The molecule has 0 saturated heterocycles. The first-order valence-electron chi connectivity index (χ1n) is 5.99. The normalized spacial score (nSPS) is 11.8. The van der Waals surface area contributed by atoms with Gasteiger partial charge in [-0.3, -0.25) is 14.6 Å². The van der Waals surface area contributed by atoms with Crippen LogP contribution >= 0.6 is 15.9 Å². The summed E-state index contributed by atoms with van der Waals surface area (Å²) >= 11 is 3.31. The molecule has 0 amide bonds. The summed E-state index contributed by atoms with van der Waals surface area (Å²) in [5, 5.41) is 9.01. The van der Waals surface area contributed by atoms with Crippen LogP contribution in [0.5, 0.6) is 0 Å². The van der Waals surface area contributed by atoms with E-state index in [1.165, 1.54) is 6.20 Å². The lowest BCUT2D eigenvalue weighted by Gasteiger charge is -2.14. The number of carboxylic acid groups (broad SMARTS) is 1. The Hall–Kier alpha value is -2.01. The quantitative estimate of drug-likeness (QED) is 0.852. The van der Waals surface area contributed by atoms with Crippen LogP contribution in [0, 0.1) is 0 Å². The van der Waals surface area contributed by atoms with Crippen LogP contribution in [0.1, 0.15) is 28.3 Å². The number of carbonyl (C=O) groups is 2. The van der Waals surface area contributed by atoms with Gasteiger partial charge in [0.2, 0.25) is 0 Å². The van der Waals surface area contributed by atoms with Crippen LogP contribution in [-0.2, 0) is 4.79 Å². The molecule has 2 rings (SSSR count). The summed E-state index contributed by atoms with van der Waals surface area (Å²) in [4.78, 5) is 27.5. The van der Waals surface area contributed by atoms with Gasteiger partial charge in [-0.05, 0) is 23.8 Å². The number of ketones is 1. The number of benzene rings is 1. The van der Waals surface area contributed by atoms with E-state index in [1.807, 2.05) is 6.07 Å². The fourth-order valence-corrected chi connectivity index (χ4v) is 2.36. The molecule has 0 bridgehead atoms. The van der Waals surface area contributed by atoms with E-state index in [-0.39, 0.29) is 12.2 Å². The minimum atomic E-state index is -1.01. The predicted molar refractivity (Wildman–Crippen MR) is 77.7 cm³/mol. The number of aliphatic carboxylic acids is 1. The lowest BCUT2D eigenvalue weighted by Crippen LogP contribution is -2.17. The van der Waals surface area contributed by atoms with Crippen molar-refractivity contribution in [2.45, 2.75) is 12.3 Å². The van der Waals surface area contributed by atoms with Crippen molar-refractivity contribution in [2.24, 2.45) is 0 Å². The molecule has 5 heteroatoms. The third-order valence-electron chi connectivity index (χ3n) is 2.89. The van der Waals surface area contributed by atoms with E-state index in [0.29, 0.717) is 11.1 Å². The van der Waals surface area contributed by atoms with E-state index in [4.69, 9.17) is 5.11 Å². The van der Waals surface area contributed by atoms with Crippen LogP contribution in [0.2, 0.25) is 0 Å². The smallest absolute Gasteiger partial charge is 0.304 e. The molecule has 0 radical (unpaired) electrons. The molecule has 0 saturated carbocycles. The highest BCUT2D eigenvalue weighted by molar-refractivity contribution is 9.10. The monoisotopic (exact) mass is 333 g/mol. The van der Waals surface area contributed by atoms with Gasteiger partial charge in [0.05, 0.1) is 12.3 Å². The van der Waals surface area contributed by atoms with Crippen LogP contribution in [0.4, 0.5) is 0 Å². The SMILES string of the molecule is O=C(O)CC(C(=O)c1cccc(Br)c1)c1cccnc1. The van der Waals surface area contributed by atoms with Gasteiger partial charge in [0, 0.05) is 22.4 Å². The van der Waals surface area contributed by atoms with E-state index in [9.17, 15) is 9.59 Å². The fourth-order valence-electron chi connectivity index (χ4n) is 1.96. The first-order valence-corrected chi connectivity index (χ1v) is 6.78. The molecular weight excluding hydrogens is 322 g/mol. The molecule has 0 aliphatic heterocycles. The molecule has 0 aliphatic rings. The van der Waals surface area contributed by atoms with Crippen molar-refractivity contribution < 1.29 is 14.7 Å². The topological polar surface area (TPSA) is 67.3 Å². The second-order valence-corrected chi connectivity index (χ2v) is 5.23. The van der Waals surface area contributed by atoms with Gasteiger partial charge in [-0.25, -0.2) is 0 Å². The molecule has 0 fully saturated rings. The summed E-state index contributed by atoms with van der Waals surface area (Å²) < 4.78 is 0.781. The lowest BCUT2D eigenvalue weighted by atomic mass is 9.89. The Labute approximate surface area is 124 Å². The Kier molecular flexibility index (Phi) is 4.63. The minimum absolute atomic E-state index is 0.221. The minimum Gasteiger partial charge on any atom is -0.481 e. The number of carbonyl (C=O) groups excluding carboxylic acids is 1. The highest BCUT2D eigenvalue weighted by Gasteiger charge is 2.25. The van der Waals surface area contributed by atoms with Crippen LogP contribution in [0.25, 0.3) is 0 Å². The summed E-state index contributed by atoms with van der Waals surface area (Å²) in [6, 6.07) is 10.3. The maximum Gasteiger partial charge on any atom is 0.304 e. The number of Topliss-reactive ketones (excluding diaryl/α,β-unsaturated/α-hetero) is 1. The molecule has 20 heavy (non-hydrogen) atoms. The summed E-state index contributed by atoms with van der Waals surface area (Å²) in [5.41, 5.74) is 1.09. The van der Waals surface area contributed by atoms with Crippen LogP contribution in [-0.4, -0.2) is 21.8 Å². The van der Waals surface area contributed by atoms with Gasteiger partial charge in [0.15, 0.2) is 5.78 Å². The van der Waals surface area contributed by atoms with Crippen molar-refractivity contribution in [1.29, 1.82) is 0 Å². The van der Waals surface area contributed by atoms with Crippen molar-refractivity contribution in [3.05, 3.63) is 64.4 Å². The van der Waals surface area contributed by atoms with E-state index < -0.39 is 11.9 Å². The average Bonchev–Trinajstić information content (AvgIpc) is 2.45. The van der Waals surface area contributed by atoms with Gasteiger partial charge in [-0.2, -0.15) is 0 Å². The number of halogens is 1. The third-order valence-corrected chi connectivity index (χ3v) is 3.38. The standard InChI is InChI=1S/C15H12BrNO3/c16-12-5-1-3-10(7-12)15(20)13(8-14(18)19)11-4-2-6-17-9-11/h1-7,9,13H,8H2,(H,18,19). The Morgan fingerprint density at radius 1 is 1.25 bits per heavy atom. The van der Waals surface area contributed by atoms with Crippen molar-refractivity contribution >= 4 is 27.7 Å². The fraction of sp³-hybridized carbons (Fsp3) is 0.133. The average molecular weight is 334 g/mol. The molecule has 0 spiro atoms. The van der Waals surface area contributed by atoms with Crippen molar-refractivity contribution in [3.8, 4) is 0 Å². The molecule has 102 valence electrons. The second kappa shape index (κ2) is 6.43.